The highest BCUT2D eigenvalue weighted by molar-refractivity contribution is 5.94. The Bertz CT molecular complexity index is 875. The molecule has 0 unspecified atom stereocenters. The van der Waals surface area contributed by atoms with Crippen LogP contribution in [0.1, 0.15) is 24.3 Å². The van der Waals surface area contributed by atoms with E-state index < -0.39 is 0 Å². The molecule has 0 N–H and O–H groups in total. The normalized spacial score (nSPS) is 10.9. The van der Waals surface area contributed by atoms with Gasteiger partial charge < -0.3 is 9.47 Å². The highest BCUT2D eigenvalue weighted by Crippen LogP contribution is 2.23. The van der Waals surface area contributed by atoms with Gasteiger partial charge in [-0.15, -0.1) is 0 Å². The highest BCUT2D eigenvalue weighted by Gasteiger charge is 2.21. The van der Waals surface area contributed by atoms with Crippen molar-refractivity contribution >= 4 is 5.91 Å². The van der Waals surface area contributed by atoms with Gasteiger partial charge in [-0.05, 0) is 56.3 Å². The number of aromatic nitrogens is 3. The molecular weight excluding hydrogens is 319 g/mol. The maximum atomic E-state index is 13.3. The lowest BCUT2D eigenvalue weighted by Crippen LogP contribution is -2.32. The lowest BCUT2D eigenvalue weighted by atomic mass is 10.2. The standard InChI is InChI=1S/C19H21FN4O/c1-4-23(5-2)19(25)18-13-16(17-7-6-12-22(17)3)21-24(18)15-10-8-14(20)9-11-15/h6-13H,4-5H2,1-3H3. The van der Waals surface area contributed by atoms with Gasteiger partial charge in [0.25, 0.3) is 5.91 Å². The summed E-state index contributed by atoms with van der Waals surface area (Å²) in [7, 11) is 1.93. The fourth-order valence-corrected chi connectivity index (χ4v) is 2.84. The van der Waals surface area contributed by atoms with Crippen LogP contribution in [0.2, 0.25) is 0 Å². The Kier molecular flexibility index (Phi) is 4.70. The first kappa shape index (κ1) is 17.0. The van der Waals surface area contributed by atoms with Crippen LogP contribution < -0.4 is 0 Å². The van der Waals surface area contributed by atoms with Gasteiger partial charge in [0.2, 0.25) is 0 Å². The summed E-state index contributed by atoms with van der Waals surface area (Å²) in [6.45, 7) is 5.11. The minimum absolute atomic E-state index is 0.0951. The Morgan fingerprint density at radius 2 is 1.84 bits per heavy atom. The molecule has 0 aliphatic carbocycles. The van der Waals surface area contributed by atoms with E-state index in [4.69, 9.17) is 0 Å². The average molecular weight is 340 g/mol. The number of amides is 1. The first-order valence-corrected chi connectivity index (χ1v) is 8.32. The maximum Gasteiger partial charge on any atom is 0.272 e. The minimum Gasteiger partial charge on any atom is -0.349 e. The van der Waals surface area contributed by atoms with Gasteiger partial charge in [0.15, 0.2) is 0 Å². The Balaban J connectivity index is 2.14. The number of hydrogen-bond acceptors (Lipinski definition) is 2. The second-order valence-corrected chi connectivity index (χ2v) is 5.78. The SMILES string of the molecule is CCN(CC)C(=O)c1cc(-c2cccn2C)nn1-c1ccc(F)cc1. The summed E-state index contributed by atoms with van der Waals surface area (Å²) < 4.78 is 16.8. The molecule has 0 bridgehead atoms. The number of benzene rings is 1. The predicted molar refractivity (Wildman–Crippen MR) is 95.2 cm³/mol. The molecule has 0 radical (unpaired) electrons. The van der Waals surface area contributed by atoms with Crippen molar-refractivity contribution in [2.24, 2.45) is 7.05 Å². The van der Waals surface area contributed by atoms with Crippen LogP contribution >= 0.6 is 0 Å². The van der Waals surface area contributed by atoms with E-state index in [2.05, 4.69) is 5.10 Å². The topological polar surface area (TPSA) is 43.1 Å². The van der Waals surface area contributed by atoms with Crippen molar-refractivity contribution < 1.29 is 9.18 Å². The van der Waals surface area contributed by atoms with Crippen LogP contribution in [0.4, 0.5) is 4.39 Å². The lowest BCUT2D eigenvalue weighted by Gasteiger charge is -2.19. The van der Waals surface area contributed by atoms with Crippen LogP contribution in [0, 0.1) is 5.82 Å². The van der Waals surface area contributed by atoms with E-state index in [1.54, 1.807) is 27.8 Å². The molecule has 3 rings (SSSR count). The Morgan fingerprint density at radius 1 is 1.16 bits per heavy atom. The van der Waals surface area contributed by atoms with Crippen molar-refractivity contribution in [2.45, 2.75) is 13.8 Å². The van der Waals surface area contributed by atoms with E-state index in [1.165, 1.54) is 12.1 Å². The molecule has 0 spiro atoms. The molecule has 0 atom stereocenters. The lowest BCUT2D eigenvalue weighted by molar-refractivity contribution is 0.0764. The number of aryl methyl sites for hydroxylation is 1. The Morgan fingerprint density at radius 3 is 2.40 bits per heavy atom. The summed E-state index contributed by atoms with van der Waals surface area (Å²) in [6, 6.07) is 11.6. The molecule has 3 aromatic rings. The van der Waals surface area contributed by atoms with E-state index in [0.717, 1.165) is 5.69 Å². The monoisotopic (exact) mass is 340 g/mol. The summed E-state index contributed by atoms with van der Waals surface area (Å²) in [5, 5.41) is 4.61. The summed E-state index contributed by atoms with van der Waals surface area (Å²) in [6.07, 6.45) is 1.93. The van der Waals surface area contributed by atoms with Crippen molar-refractivity contribution in [1.29, 1.82) is 0 Å². The van der Waals surface area contributed by atoms with Crippen molar-refractivity contribution in [3.63, 3.8) is 0 Å². The molecule has 1 amide bonds. The molecule has 1 aromatic carbocycles. The second-order valence-electron chi connectivity index (χ2n) is 5.78. The summed E-state index contributed by atoms with van der Waals surface area (Å²) >= 11 is 0. The molecule has 25 heavy (non-hydrogen) atoms. The van der Waals surface area contributed by atoms with Gasteiger partial charge in [-0.1, -0.05) is 0 Å². The number of carbonyl (C=O) groups excluding carboxylic acids is 1. The van der Waals surface area contributed by atoms with Gasteiger partial charge in [-0.25, -0.2) is 9.07 Å². The largest absolute Gasteiger partial charge is 0.349 e. The minimum atomic E-state index is -0.324. The second kappa shape index (κ2) is 6.93. The van der Waals surface area contributed by atoms with E-state index >= 15 is 0 Å². The predicted octanol–water partition coefficient (Wildman–Crippen LogP) is 3.50. The van der Waals surface area contributed by atoms with Crippen LogP contribution in [0.25, 0.3) is 17.1 Å². The Labute approximate surface area is 146 Å². The van der Waals surface area contributed by atoms with Crippen molar-refractivity contribution in [3.8, 4) is 17.1 Å². The summed E-state index contributed by atoms with van der Waals surface area (Å²) in [5.74, 6) is -0.419. The van der Waals surface area contributed by atoms with E-state index in [1.807, 2.05) is 43.8 Å². The molecule has 0 saturated heterocycles. The van der Waals surface area contributed by atoms with E-state index in [0.29, 0.717) is 30.2 Å². The van der Waals surface area contributed by atoms with E-state index in [9.17, 15) is 9.18 Å². The molecule has 5 nitrogen and oxygen atoms in total. The van der Waals surface area contributed by atoms with Crippen molar-refractivity contribution in [2.75, 3.05) is 13.1 Å². The van der Waals surface area contributed by atoms with Crippen LogP contribution in [0.3, 0.4) is 0 Å². The number of halogens is 1. The van der Waals surface area contributed by atoms with Gasteiger partial charge in [-0.3, -0.25) is 4.79 Å². The summed E-state index contributed by atoms with van der Waals surface area (Å²) in [4.78, 5) is 14.7. The maximum absolute atomic E-state index is 13.3. The van der Waals surface area contributed by atoms with Gasteiger partial charge in [0, 0.05) is 26.3 Å². The zero-order valence-corrected chi connectivity index (χ0v) is 14.6. The molecule has 2 heterocycles. The quantitative estimate of drug-likeness (QED) is 0.713. The number of nitrogens with zero attached hydrogens (tertiary/aromatic N) is 4. The highest BCUT2D eigenvalue weighted by atomic mass is 19.1. The van der Waals surface area contributed by atoms with Crippen molar-refractivity contribution in [1.82, 2.24) is 19.2 Å². The summed E-state index contributed by atoms with van der Waals surface area (Å²) in [5.41, 5.74) is 2.73. The molecule has 0 fully saturated rings. The van der Waals surface area contributed by atoms with Crippen LogP contribution in [-0.2, 0) is 7.05 Å². The Hall–Kier alpha value is -2.89. The number of hydrogen-bond donors (Lipinski definition) is 0. The average Bonchev–Trinajstić information content (AvgIpc) is 3.22. The van der Waals surface area contributed by atoms with Gasteiger partial charge in [0.05, 0.1) is 11.4 Å². The van der Waals surface area contributed by atoms with Gasteiger partial charge >= 0.3 is 0 Å². The molecule has 0 aliphatic heterocycles. The van der Waals surface area contributed by atoms with Gasteiger partial charge in [-0.2, -0.15) is 5.10 Å². The third-order valence-electron chi connectivity index (χ3n) is 4.26. The van der Waals surface area contributed by atoms with Crippen LogP contribution in [0.15, 0.2) is 48.7 Å². The van der Waals surface area contributed by atoms with Crippen molar-refractivity contribution in [3.05, 3.63) is 60.2 Å². The number of carbonyl (C=O) groups is 1. The van der Waals surface area contributed by atoms with Crippen LogP contribution in [0.5, 0.6) is 0 Å². The molecule has 0 aliphatic rings. The zero-order valence-electron chi connectivity index (χ0n) is 14.6. The molecule has 6 heteroatoms. The van der Waals surface area contributed by atoms with Crippen LogP contribution in [-0.4, -0.2) is 38.2 Å². The third-order valence-corrected chi connectivity index (χ3v) is 4.26. The first-order chi connectivity index (χ1) is 12.0. The van der Waals surface area contributed by atoms with E-state index in [-0.39, 0.29) is 11.7 Å². The smallest absolute Gasteiger partial charge is 0.272 e. The molecule has 2 aromatic heterocycles. The van der Waals surface area contributed by atoms with Gasteiger partial charge in [0.1, 0.15) is 17.2 Å². The first-order valence-electron chi connectivity index (χ1n) is 8.32. The molecular formula is C19H21FN4O. The molecule has 0 saturated carbocycles. The zero-order chi connectivity index (χ0) is 18.0. The number of rotatable bonds is 5. The fraction of sp³-hybridized carbons (Fsp3) is 0.263. The molecule has 130 valence electrons. The third kappa shape index (κ3) is 3.20. The fourth-order valence-electron chi connectivity index (χ4n) is 2.84.